The molecule has 1 heterocycles. The quantitative estimate of drug-likeness (QED) is 0.742. The molecular formula is C16H19F3N2O5. The molecule has 1 fully saturated rings. The summed E-state index contributed by atoms with van der Waals surface area (Å²) in [5.41, 5.74) is 0. The second kappa shape index (κ2) is 8.15. The number of alkyl halides is 3. The van der Waals surface area contributed by atoms with Crippen molar-refractivity contribution in [2.75, 3.05) is 33.4 Å². The summed E-state index contributed by atoms with van der Waals surface area (Å²) in [7, 11) is 1.53. The number of rotatable bonds is 6. The number of amides is 2. The lowest BCUT2D eigenvalue weighted by atomic mass is 9.96. The molecule has 0 aliphatic carbocycles. The van der Waals surface area contributed by atoms with Crippen LogP contribution < -0.4 is 14.8 Å². The topological polar surface area (TPSA) is 88.1 Å². The van der Waals surface area contributed by atoms with E-state index < -0.39 is 43.1 Å². The first-order valence-electron chi connectivity index (χ1n) is 7.81. The number of urea groups is 1. The summed E-state index contributed by atoms with van der Waals surface area (Å²) in [5, 5.41) is 11.4. The minimum atomic E-state index is -4.67. The van der Waals surface area contributed by atoms with Crippen LogP contribution in [0.2, 0.25) is 0 Å². The summed E-state index contributed by atoms with van der Waals surface area (Å²) in [6.45, 7) is -0.983. The zero-order valence-electron chi connectivity index (χ0n) is 14.0. The monoisotopic (exact) mass is 376 g/mol. The number of ether oxygens (including phenoxy) is 2. The number of carboxylic acids is 1. The summed E-state index contributed by atoms with van der Waals surface area (Å²) in [4.78, 5) is 23.8. The molecule has 0 radical (unpaired) electrons. The van der Waals surface area contributed by atoms with Gasteiger partial charge in [0.2, 0.25) is 0 Å². The van der Waals surface area contributed by atoms with Crippen LogP contribution in [-0.4, -0.2) is 61.5 Å². The van der Waals surface area contributed by atoms with Gasteiger partial charge in [-0.1, -0.05) is 0 Å². The molecule has 2 N–H and O–H groups in total. The Labute approximate surface area is 147 Å². The van der Waals surface area contributed by atoms with Crippen molar-refractivity contribution in [2.45, 2.75) is 6.18 Å². The largest absolute Gasteiger partial charge is 0.497 e. The first kappa shape index (κ1) is 19.7. The molecule has 10 heteroatoms. The van der Waals surface area contributed by atoms with Gasteiger partial charge in [-0.15, -0.1) is 0 Å². The molecule has 0 unspecified atom stereocenters. The van der Waals surface area contributed by atoms with Gasteiger partial charge in [0.15, 0.2) is 0 Å². The Morgan fingerprint density at radius 2 is 1.85 bits per heavy atom. The van der Waals surface area contributed by atoms with Crippen molar-refractivity contribution in [3.8, 4) is 11.5 Å². The van der Waals surface area contributed by atoms with E-state index in [9.17, 15) is 22.8 Å². The smallest absolute Gasteiger partial charge is 0.394 e. The first-order chi connectivity index (χ1) is 12.2. The molecule has 144 valence electrons. The molecule has 1 aromatic carbocycles. The Morgan fingerprint density at radius 1 is 1.23 bits per heavy atom. The molecule has 1 aromatic rings. The summed E-state index contributed by atoms with van der Waals surface area (Å²) < 4.78 is 49.1. The Balaban J connectivity index is 1.79. The first-order valence-corrected chi connectivity index (χ1v) is 7.81. The van der Waals surface area contributed by atoms with Crippen LogP contribution in [0.1, 0.15) is 0 Å². The van der Waals surface area contributed by atoms with Crippen LogP contribution in [0.5, 0.6) is 11.5 Å². The number of hydrogen-bond acceptors (Lipinski definition) is 4. The van der Waals surface area contributed by atoms with Crippen molar-refractivity contribution in [2.24, 2.45) is 11.8 Å². The van der Waals surface area contributed by atoms with Gasteiger partial charge in [0.05, 0.1) is 25.5 Å². The number of carbonyl (C=O) groups is 2. The molecule has 1 aliphatic heterocycles. The van der Waals surface area contributed by atoms with Crippen molar-refractivity contribution in [1.82, 2.24) is 10.2 Å². The normalized spacial score (nSPS) is 19.9. The van der Waals surface area contributed by atoms with Gasteiger partial charge in [0.25, 0.3) is 0 Å². The summed E-state index contributed by atoms with van der Waals surface area (Å²) in [5.74, 6) is -4.08. The Morgan fingerprint density at radius 3 is 2.35 bits per heavy atom. The highest BCUT2D eigenvalue weighted by atomic mass is 19.4. The lowest BCUT2D eigenvalue weighted by molar-refractivity contribution is -0.187. The van der Waals surface area contributed by atoms with E-state index in [1.165, 1.54) is 7.11 Å². The number of carbonyl (C=O) groups excluding carboxylic acids is 1. The highest BCUT2D eigenvalue weighted by Crippen LogP contribution is 2.37. The van der Waals surface area contributed by atoms with Crippen LogP contribution >= 0.6 is 0 Å². The number of carboxylic acid groups (broad SMARTS) is 1. The SMILES string of the molecule is COc1ccc(OCCNC(=O)N2C[C@@H](C(F)(F)F)[C@H](C(=O)O)C2)cc1. The van der Waals surface area contributed by atoms with Gasteiger partial charge >= 0.3 is 18.2 Å². The van der Waals surface area contributed by atoms with Gasteiger partial charge in [-0.3, -0.25) is 4.79 Å². The van der Waals surface area contributed by atoms with Gasteiger partial charge < -0.3 is 24.8 Å². The van der Waals surface area contributed by atoms with Crippen LogP contribution in [0.15, 0.2) is 24.3 Å². The number of aliphatic carboxylic acids is 1. The molecule has 1 aliphatic rings. The predicted molar refractivity (Wildman–Crippen MR) is 84.1 cm³/mol. The maximum Gasteiger partial charge on any atom is 0.394 e. The number of benzene rings is 1. The molecule has 0 bridgehead atoms. The number of halogens is 3. The Hall–Kier alpha value is -2.65. The van der Waals surface area contributed by atoms with Gasteiger partial charge in [0, 0.05) is 13.1 Å². The fourth-order valence-electron chi connectivity index (χ4n) is 2.66. The minimum Gasteiger partial charge on any atom is -0.497 e. The highest BCUT2D eigenvalue weighted by molar-refractivity contribution is 5.77. The van der Waals surface area contributed by atoms with Gasteiger partial charge in [-0.05, 0) is 24.3 Å². The van der Waals surface area contributed by atoms with E-state index >= 15 is 0 Å². The van der Waals surface area contributed by atoms with E-state index in [4.69, 9.17) is 14.6 Å². The average molecular weight is 376 g/mol. The standard InChI is InChI=1S/C16H19F3N2O5/c1-25-10-2-4-11(5-3-10)26-7-6-20-15(24)21-8-12(14(22)23)13(9-21)16(17,18)19/h2-5,12-13H,6-9H2,1H3,(H,20,24)(H,22,23)/t12-,13-/m1/s1. The number of hydrogen-bond donors (Lipinski definition) is 2. The maximum atomic E-state index is 12.9. The second-order valence-electron chi connectivity index (χ2n) is 5.75. The fraction of sp³-hybridized carbons (Fsp3) is 0.500. The zero-order valence-corrected chi connectivity index (χ0v) is 14.0. The van der Waals surface area contributed by atoms with E-state index in [2.05, 4.69) is 5.32 Å². The molecule has 26 heavy (non-hydrogen) atoms. The van der Waals surface area contributed by atoms with E-state index in [1.54, 1.807) is 24.3 Å². The molecule has 0 spiro atoms. The second-order valence-corrected chi connectivity index (χ2v) is 5.75. The molecule has 0 aromatic heterocycles. The van der Waals surface area contributed by atoms with Crippen LogP contribution in [0, 0.1) is 11.8 Å². The molecular weight excluding hydrogens is 357 g/mol. The van der Waals surface area contributed by atoms with Gasteiger partial charge in [0.1, 0.15) is 18.1 Å². The molecule has 1 saturated heterocycles. The van der Waals surface area contributed by atoms with Gasteiger partial charge in [-0.2, -0.15) is 13.2 Å². The lowest BCUT2D eigenvalue weighted by Gasteiger charge is -2.18. The van der Waals surface area contributed by atoms with Crippen molar-refractivity contribution in [3.63, 3.8) is 0 Å². The average Bonchev–Trinajstić information content (AvgIpc) is 3.05. The van der Waals surface area contributed by atoms with E-state index in [0.29, 0.717) is 11.5 Å². The van der Waals surface area contributed by atoms with Crippen LogP contribution in [-0.2, 0) is 4.79 Å². The number of nitrogens with zero attached hydrogens (tertiary/aromatic N) is 1. The third-order valence-corrected chi connectivity index (χ3v) is 4.05. The minimum absolute atomic E-state index is 0.0653. The lowest BCUT2D eigenvalue weighted by Crippen LogP contribution is -2.41. The van der Waals surface area contributed by atoms with E-state index in [1.807, 2.05) is 0 Å². The fourth-order valence-corrected chi connectivity index (χ4v) is 2.66. The van der Waals surface area contributed by atoms with Gasteiger partial charge in [-0.25, -0.2) is 4.79 Å². The zero-order chi connectivity index (χ0) is 19.3. The predicted octanol–water partition coefficient (Wildman–Crippen LogP) is 1.98. The Kier molecular flexibility index (Phi) is 6.17. The molecule has 2 rings (SSSR count). The maximum absolute atomic E-state index is 12.9. The summed E-state index contributed by atoms with van der Waals surface area (Å²) >= 11 is 0. The third-order valence-electron chi connectivity index (χ3n) is 4.05. The number of nitrogens with one attached hydrogen (secondary N) is 1. The molecule has 2 amide bonds. The molecule has 7 nitrogen and oxygen atoms in total. The van der Waals surface area contributed by atoms with Crippen molar-refractivity contribution in [3.05, 3.63) is 24.3 Å². The highest BCUT2D eigenvalue weighted by Gasteiger charge is 2.53. The van der Waals surface area contributed by atoms with Crippen LogP contribution in [0.25, 0.3) is 0 Å². The third kappa shape index (κ3) is 4.93. The molecule has 2 atom stereocenters. The van der Waals surface area contributed by atoms with Crippen molar-refractivity contribution in [1.29, 1.82) is 0 Å². The summed E-state index contributed by atoms with van der Waals surface area (Å²) in [6, 6.07) is 5.99. The molecule has 0 saturated carbocycles. The van der Waals surface area contributed by atoms with E-state index in [-0.39, 0.29) is 13.2 Å². The van der Waals surface area contributed by atoms with Crippen LogP contribution in [0.4, 0.5) is 18.0 Å². The van der Waals surface area contributed by atoms with Crippen LogP contribution in [0.3, 0.4) is 0 Å². The van der Waals surface area contributed by atoms with Crippen molar-refractivity contribution >= 4 is 12.0 Å². The van der Waals surface area contributed by atoms with E-state index in [0.717, 1.165) is 4.90 Å². The Bertz CT molecular complexity index is 636. The summed E-state index contributed by atoms with van der Waals surface area (Å²) in [6.07, 6.45) is -4.67. The number of methoxy groups -OCH3 is 1. The number of likely N-dealkylation sites (tertiary alicyclic amines) is 1. The van der Waals surface area contributed by atoms with Crippen molar-refractivity contribution < 1.29 is 37.3 Å².